The largest absolute Gasteiger partial charge is 0.356 e. The molecule has 1 saturated heterocycles. The highest BCUT2D eigenvalue weighted by Gasteiger charge is 2.22. The van der Waals surface area contributed by atoms with E-state index >= 15 is 0 Å². The maximum absolute atomic E-state index is 4.63. The first-order valence-electron chi connectivity index (χ1n) is 7.81. The third-order valence-corrected chi connectivity index (χ3v) is 4.33. The molecule has 5 nitrogen and oxygen atoms in total. The Balaban J connectivity index is 1.87. The fourth-order valence-corrected chi connectivity index (χ4v) is 3.23. The van der Waals surface area contributed by atoms with E-state index in [1.807, 2.05) is 4.52 Å². The summed E-state index contributed by atoms with van der Waals surface area (Å²) in [5.41, 5.74) is 3.60. The van der Waals surface area contributed by atoms with Gasteiger partial charge in [-0.25, -0.2) is 4.98 Å². The molecule has 0 saturated carbocycles. The lowest BCUT2D eigenvalue weighted by Crippen LogP contribution is -2.24. The first-order chi connectivity index (χ1) is 10.8. The molecule has 0 aliphatic carbocycles. The third-order valence-electron chi connectivity index (χ3n) is 4.33. The van der Waals surface area contributed by atoms with Crippen molar-refractivity contribution in [1.82, 2.24) is 19.6 Å². The second-order valence-corrected chi connectivity index (χ2v) is 5.83. The van der Waals surface area contributed by atoms with E-state index in [1.165, 1.54) is 29.8 Å². The molecule has 0 unspecified atom stereocenters. The molecule has 1 aliphatic rings. The van der Waals surface area contributed by atoms with Gasteiger partial charge < -0.3 is 4.90 Å². The van der Waals surface area contributed by atoms with Crippen LogP contribution in [0.5, 0.6) is 0 Å². The van der Waals surface area contributed by atoms with Crippen LogP contribution in [-0.4, -0.2) is 32.7 Å². The quantitative estimate of drug-likeness (QED) is 0.745. The number of aryl methyl sites for hydroxylation is 1. The van der Waals surface area contributed by atoms with Gasteiger partial charge in [-0.05, 0) is 25.3 Å². The van der Waals surface area contributed by atoms with Gasteiger partial charge in [0.05, 0.1) is 0 Å². The highest BCUT2D eigenvalue weighted by atomic mass is 15.4. The number of benzene rings is 1. The zero-order valence-electron chi connectivity index (χ0n) is 12.7. The molecular weight excluding hydrogens is 274 g/mol. The highest BCUT2D eigenvalue weighted by molar-refractivity contribution is 5.56. The molecule has 1 aliphatic heterocycles. The predicted octanol–water partition coefficient (Wildman–Crippen LogP) is 2.62. The molecule has 0 atom stereocenters. The van der Waals surface area contributed by atoms with E-state index in [-0.39, 0.29) is 0 Å². The standard InChI is InChI=1S/C17H19N5/c1-13-15(11-14-7-3-2-4-8-14)16(21-9-5-6-10-21)22-17(20-13)18-12-19-22/h2-4,7-8,12H,5-6,9-11H2,1H3. The zero-order valence-corrected chi connectivity index (χ0v) is 12.7. The molecule has 0 N–H and O–H groups in total. The van der Waals surface area contributed by atoms with Gasteiger partial charge in [0.2, 0.25) is 0 Å². The number of aromatic nitrogens is 4. The Hall–Kier alpha value is -2.43. The van der Waals surface area contributed by atoms with Gasteiger partial charge in [-0.3, -0.25) is 0 Å². The van der Waals surface area contributed by atoms with E-state index in [1.54, 1.807) is 6.33 Å². The molecule has 0 bridgehead atoms. The average molecular weight is 293 g/mol. The van der Waals surface area contributed by atoms with Crippen molar-refractivity contribution in [3.05, 3.63) is 53.5 Å². The van der Waals surface area contributed by atoms with Crippen molar-refractivity contribution in [3.8, 4) is 0 Å². The predicted molar refractivity (Wildman–Crippen MR) is 86.2 cm³/mol. The monoisotopic (exact) mass is 293 g/mol. The number of nitrogens with zero attached hydrogens (tertiary/aromatic N) is 5. The van der Waals surface area contributed by atoms with Crippen LogP contribution < -0.4 is 4.90 Å². The van der Waals surface area contributed by atoms with E-state index in [4.69, 9.17) is 0 Å². The van der Waals surface area contributed by atoms with Crippen LogP contribution in [0.3, 0.4) is 0 Å². The van der Waals surface area contributed by atoms with Gasteiger partial charge in [0.25, 0.3) is 5.78 Å². The highest BCUT2D eigenvalue weighted by Crippen LogP contribution is 2.28. The van der Waals surface area contributed by atoms with Crippen LogP contribution >= 0.6 is 0 Å². The van der Waals surface area contributed by atoms with Gasteiger partial charge >= 0.3 is 0 Å². The van der Waals surface area contributed by atoms with Crippen LogP contribution in [0.4, 0.5) is 5.82 Å². The molecule has 0 spiro atoms. The van der Waals surface area contributed by atoms with Crippen LogP contribution in [0.2, 0.25) is 0 Å². The summed E-state index contributed by atoms with van der Waals surface area (Å²) in [5.74, 6) is 1.86. The second-order valence-electron chi connectivity index (χ2n) is 5.83. The minimum Gasteiger partial charge on any atom is -0.356 e. The van der Waals surface area contributed by atoms with Gasteiger partial charge in [0.15, 0.2) is 0 Å². The average Bonchev–Trinajstić information content (AvgIpc) is 3.20. The molecule has 3 aromatic rings. The number of anilines is 1. The summed E-state index contributed by atoms with van der Waals surface area (Å²) in [5, 5.41) is 4.41. The van der Waals surface area contributed by atoms with Crippen molar-refractivity contribution in [2.45, 2.75) is 26.2 Å². The molecule has 1 aromatic carbocycles. The van der Waals surface area contributed by atoms with Crippen molar-refractivity contribution < 1.29 is 0 Å². The minimum absolute atomic E-state index is 0.691. The van der Waals surface area contributed by atoms with Crippen molar-refractivity contribution in [3.63, 3.8) is 0 Å². The van der Waals surface area contributed by atoms with E-state index in [2.05, 4.69) is 57.2 Å². The summed E-state index contributed by atoms with van der Waals surface area (Å²) in [4.78, 5) is 11.3. The lowest BCUT2D eigenvalue weighted by atomic mass is 10.0. The van der Waals surface area contributed by atoms with Crippen LogP contribution in [-0.2, 0) is 6.42 Å². The lowest BCUT2D eigenvalue weighted by Gasteiger charge is -2.23. The number of hydrogen-bond acceptors (Lipinski definition) is 4. The molecule has 2 aromatic heterocycles. The molecule has 3 heterocycles. The smallest absolute Gasteiger partial charge is 0.254 e. The topological polar surface area (TPSA) is 46.3 Å². The fourth-order valence-electron chi connectivity index (χ4n) is 3.23. The first-order valence-corrected chi connectivity index (χ1v) is 7.81. The Morgan fingerprint density at radius 2 is 1.86 bits per heavy atom. The molecule has 22 heavy (non-hydrogen) atoms. The van der Waals surface area contributed by atoms with Gasteiger partial charge in [0.1, 0.15) is 12.1 Å². The Labute approximate surface area is 129 Å². The van der Waals surface area contributed by atoms with E-state index in [0.717, 1.165) is 25.2 Å². The maximum atomic E-state index is 4.63. The summed E-state index contributed by atoms with van der Waals surface area (Å²) >= 11 is 0. The third kappa shape index (κ3) is 2.22. The van der Waals surface area contributed by atoms with Crippen molar-refractivity contribution >= 4 is 11.6 Å². The Morgan fingerprint density at radius 1 is 1.09 bits per heavy atom. The van der Waals surface area contributed by atoms with Crippen LogP contribution in [0.15, 0.2) is 36.7 Å². The Morgan fingerprint density at radius 3 is 2.64 bits per heavy atom. The van der Waals surface area contributed by atoms with E-state index in [9.17, 15) is 0 Å². The lowest BCUT2D eigenvalue weighted by molar-refractivity contribution is 0.825. The molecule has 0 radical (unpaired) electrons. The van der Waals surface area contributed by atoms with Crippen LogP contribution in [0.25, 0.3) is 5.78 Å². The fraction of sp³-hybridized carbons (Fsp3) is 0.353. The molecule has 1 fully saturated rings. The Kier molecular flexibility index (Phi) is 3.25. The van der Waals surface area contributed by atoms with Crippen molar-refractivity contribution in [2.75, 3.05) is 18.0 Å². The summed E-state index contributed by atoms with van der Waals surface area (Å²) in [7, 11) is 0. The summed E-state index contributed by atoms with van der Waals surface area (Å²) in [6.45, 7) is 4.24. The number of rotatable bonds is 3. The molecule has 0 amide bonds. The van der Waals surface area contributed by atoms with Gasteiger partial charge in [-0.2, -0.15) is 14.6 Å². The Bertz CT molecular complexity index is 787. The molecule has 112 valence electrons. The summed E-state index contributed by atoms with van der Waals surface area (Å²) in [6, 6.07) is 10.6. The number of hydrogen-bond donors (Lipinski definition) is 0. The second kappa shape index (κ2) is 5.40. The van der Waals surface area contributed by atoms with Crippen molar-refractivity contribution in [1.29, 1.82) is 0 Å². The summed E-state index contributed by atoms with van der Waals surface area (Å²) < 4.78 is 1.90. The van der Waals surface area contributed by atoms with Gasteiger partial charge in [-0.1, -0.05) is 30.3 Å². The summed E-state index contributed by atoms with van der Waals surface area (Å²) in [6.07, 6.45) is 4.94. The van der Waals surface area contributed by atoms with Crippen LogP contribution in [0, 0.1) is 6.92 Å². The van der Waals surface area contributed by atoms with E-state index < -0.39 is 0 Å². The first kappa shape index (κ1) is 13.2. The van der Waals surface area contributed by atoms with Gasteiger partial charge in [-0.15, -0.1) is 0 Å². The molecular formula is C17H19N5. The van der Waals surface area contributed by atoms with Crippen molar-refractivity contribution in [2.24, 2.45) is 0 Å². The van der Waals surface area contributed by atoms with E-state index in [0.29, 0.717) is 5.78 Å². The number of fused-ring (bicyclic) bond motifs is 1. The SMILES string of the molecule is Cc1nc2ncnn2c(N2CCCC2)c1Cc1ccccc1. The van der Waals surface area contributed by atoms with Gasteiger partial charge in [0, 0.05) is 30.8 Å². The maximum Gasteiger partial charge on any atom is 0.254 e. The molecule has 5 heteroatoms. The molecule has 4 rings (SSSR count). The minimum atomic E-state index is 0.691. The van der Waals surface area contributed by atoms with Crippen LogP contribution in [0.1, 0.15) is 29.7 Å². The normalized spacial score (nSPS) is 14.9. The zero-order chi connectivity index (χ0) is 14.9.